The first-order valence-electron chi connectivity index (χ1n) is 6.13. The van der Waals surface area contributed by atoms with Crippen molar-refractivity contribution in [2.24, 2.45) is 0 Å². The van der Waals surface area contributed by atoms with Crippen molar-refractivity contribution in [3.63, 3.8) is 0 Å². The molecule has 0 aromatic heterocycles. The number of hydrazine groups is 1. The van der Waals surface area contributed by atoms with Gasteiger partial charge in [-0.1, -0.05) is 30.7 Å². The molecule has 0 N–H and O–H groups in total. The van der Waals surface area contributed by atoms with Gasteiger partial charge in [-0.3, -0.25) is 0 Å². The molecular formula is C14H19ClN2. The van der Waals surface area contributed by atoms with Crippen molar-refractivity contribution in [1.29, 1.82) is 0 Å². The Morgan fingerprint density at radius 2 is 1.82 bits per heavy atom. The van der Waals surface area contributed by atoms with Gasteiger partial charge in [0.15, 0.2) is 0 Å². The molecule has 1 heterocycles. The van der Waals surface area contributed by atoms with Gasteiger partial charge in [-0.2, -0.15) is 0 Å². The zero-order valence-electron chi connectivity index (χ0n) is 10.7. The van der Waals surface area contributed by atoms with Crippen LogP contribution < -0.4 is 0 Å². The van der Waals surface area contributed by atoms with Crippen LogP contribution in [0.25, 0.3) is 0 Å². The van der Waals surface area contributed by atoms with Gasteiger partial charge in [0.2, 0.25) is 0 Å². The van der Waals surface area contributed by atoms with E-state index >= 15 is 0 Å². The summed E-state index contributed by atoms with van der Waals surface area (Å²) in [6.07, 6.45) is 3.41. The van der Waals surface area contributed by atoms with Crippen molar-refractivity contribution in [2.75, 3.05) is 13.6 Å². The zero-order chi connectivity index (χ0) is 12.4. The van der Waals surface area contributed by atoms with Crippen LogP contribution in [0.5, 0.6) is 0 Å². The van der Waals surface area contributed by atoms with E-state index in [4.69, 9.17) is 11.6 Å². The molecule has 2 rings (SSSR count). The average Bonchev–Trinajstić information content (AvgIpc) is 2.66. The summed E-state index contributed by atoms with van der Waals surface area (Å²) in [6.45, 7) is 5.40. The van der Waals surface area contributed by atoms with Crippen molar-refractivity contribution < 1.29 is 0 Å². The second-order valence-electron chi connectivity index (χ2n) is 4.30. The Labute approximate surface area is 108 Å². The third-order valence-electron chi connectivity index (χ3n) is 3.34. The van der Waals surface area contributed by atoms with Crippen LogP contribution in [-0.2, 0) is 0 Å². The van der Waals surface area contributed by atoms with Gasteiger partial charge in [0, 0.05) is 24.3 Å². The number of allylic oxidation sites excluding steroid dienone is 1. The van der Waals surface area contributed by atoms with Crippen LogP contribution in [-0.4, -0.2) is 23.6 Å². The quantitative estimate of drug-likeness (QED) is 0.804. The summed E-state index contributed by atoms with van der Waals surface area (Å²) in [5.74, 6) is 0. The summed E-state index contributed by atoms with van der Waals surface area (Å²) < 4.78 is 0. The molecule has 1 aliphatic rings. The van der Waals surface area contributed by atoms with E-state index in [0.29, 0.717) is 6.04 Å². The van der Waals surface area contributed by atoms with Gasteiger partial charge in [0.25, 0.3) is 0 Å². The number of likely N-dealkylation sites (N-methyl/N-ethyl adjacent to an activating group) is 1. The highest BCUT2D eigenvalue weighted by molar-refractivity contribution is 6.30. The summed E-state index contributed by atoms with van der Waals surface area (Å²) >= 11 is 5.93. The van der Waals surface area contributed by atoms with E-state index in [1.165, 1.54) is 11.3 Å². The molecule has 92 valence electrons. The molecule has 1 aromatic carbocycles. The molecule has 1 aromatic rings. The normalized spacial score (nSPS) is 20.8. The minimum Gasteiger partial charge on any atom is -0.310 e. The monoisotopic (exact) mass is 250 g/mol. The molecule has 1 atom stereocenters. The molecule has 3 heteroatoms. The number of hydrogen-bond donors (Lipinski definition) is 0. The van der Waals surface area contributed by atoms with Gasteiger partial charge in [-0.05, 0) is 37.1 Å². The molecule has 1 unspecified atom stereocenters. The fourth-order valence-electron chi connectivity index (χ4n) is 2.43. The second kappa shape index (κ2) is 5.11. The van der Waals surface area contributed by atoms with Crippen LogP contribution in [0.4, 0.5) is 0 Å². The fraction of sp³-hybridized carbons (Fsp3) is 0.429. The average molecular weight is 251 g/mol. The topological polar surface area (TPSA) is 6.48 Å². The van der Waals surface area contributed by atoms with E-state index in [-0.39, 0.29) is 0 Å². The first kappa shape index (κ1) is 12.5. The van der Waals surface area contributed by atoms with E-state index in [0.717, 1.165) is 18.0 Å². The van der Waals surface area contributed by atoms with Gasteiger partial charge in [0.05, 0.1) is 6.04 Å². The molecule has 0 bridgehead atoms. The second-order valence-corrected chi connectivity index (χ2v) is 4.73. The molecule has 0 spiro atoms. The maximum Gasteiger partial charge on any atom is 0.0740 e. The highest BCUT2D eigenvalue weighted by Gasteiger charge is 2.27. The molecule has 0 saturated heterocycles. The minimum absolute atomic E-state index is 0.335. The molecule has 2 nitrogen and oxygen atoms in total. The summed E-state index contributed by atoms with van der Waals surface area (Å²) in [5.41, 5.74) is 2.69. The van der Waals surface area contributed by atoms with Crippen molar-refractivity contribution >= 4 is 11.6 Å². The minimum atomic E-state index is 0.335. The van der Waals surface area contributed by atoms with Crippen LogP contribution in [0.2, 0.25) is 5.02 Å². The van der Waals surface area contributed by atoms with Crippen molar-refractivity contribution in [2.45, 2.75) is 26.3 Å². The van der Waals surface area contributed by atoms with Crippen LogP contribution in [0.15, 0.2) is 36.0 Å². The van der Waals surface area contributed by atoms with E-state index in [2.05, 4.69) is 49.1 Å². The Morgan fingerprint density at radius 1 is 1.18 bits per heavy atom. The van der Waals surface area contributed by atoms with Gasteiger partial charge in [-0.25, -0.2) is 5.01 Å². The molecule has 17 heavy (non-hydrogen) atoms. The number of rotatable bonds is 3. The lowest BCUT2D eigenvalue weighted by Crippen LogP contribution is -2.35. The maximum atomic E-state index is 5.93. The Hall–Kier alpha value is -0.990. The number of halogens is 1. The van der Waals surface area contributed by atoms with Crippen molar-refractivity contribution in [3.8, 4) is 0 Å². The lowest BCUT2D eigenvalue weighted by atomic mass is 10.1. The lowest BCUT2D eigenvalue weighted by Gasteiger charge is -2.31. The summed E-state index contributed by atoms with van der Waals surface area (Å²) in [7, 11) is 2.14. The SMILES string of the molecule is CCC1=CC(c2ccc(Cl)cc2)N(C)N1CC. The molecule has 0 saturated carbocycles. The number of nitrogens with zero attached hydrogens (tertiary/aromatic N) is 2. The number of benzene rings is 1. The first-order valence-corrected chi connectivity index (χ1v) is 6.51. The molecule has 1 aliphatic heterocycles. The molecule has 0 aliphatic carbocycles. The summed E-state index contributed by atoms with van der Waals surface area (Å²) in [4.78, 5) is 0. The van der Waals surface area contributed by atoms with E-state index in [1.807, 2.05) is 12.1 Å². The van der Waals surface area contributed by atoms with Gasteiger partial charge in [-0.15, -0.1) is 0 Å². The lowest BCUT2D eigenvalue weighted by molar-refractivity contribution is 0.0375. The molecule has 0 amide bonds. The van der Waals surface area contributed by atoms with Crippen molar-refractivity contribution in [3.05, 3.63) is 46.6 Å². The van der Waals surface area contributed by atoms with Gasteiger partial charge >= 0.3 is 0 Å². The highest BCUT2D eigenvalue weighted by atomic mass is 35.5. The first-order chi connectivity index (χ1) is 8.17. The zero-order valence-corrected chi connectivity index (χ0v) is 11.4. The Morgan fingerprint density at radius 3 is 2.29 bits per heavy atom. The Bertz CT molecular complexity index is 411. The van der Waals surface area contributed by atoms with Gasteiger partial charge in [0.1, 0.15) is 0 Å². The largest absolute Gasteiger partial charge is 0.310 e. The third-order valence-corrected chi connectivity index (χ3v) is 3.59. The van der Waals surface area contributed by atoms with E-state index in [1.54, 1.807) is 0 Å². The standard InChI is InChI=1S/C14H19ClN2/c1-4-13-10-14(16(3)17(13)5-2)11-6-8-12(15)9-7-11/h6-10,14H,4-5H2,1-3H3. The van der Waals surface area contributed by atoms with E-state index in [9.17, 15) is 0 Å². The number of hydrogen-bond acceptors (Lipinski definition) is 2. The Balaban J connectivity index is 2.28. The molecular weight excluding hydrogens is 232 g/mol. The van der Waals surface area contributed by atoms with Gasteiger partial charge < -0.3 is 5.01 Å². The predicted molar refractivity (Wildman–Crippen MR) is 72.7 cm³/mol. The summed E-state index contributed by atoms with van der Waals surface area (Å²) in [5, 5.41) is 5.42. The third kappa shape index (κ3) is 2.33. The van der Waals surface area contributed by atoms with Crippen LogP contribution in [0, 0.1) is 0 Å². The van der Waals surface area contributed by atoms with E-state index < -0.39 is 0 Å². The van der Waals surface area contributed by atoms with Crippen LogP contribution in [0.1, 0.15) is 31.9 Å². The van der Waals surface area contributed by atoms with Crippen LogP contribution >= 0.6 is 11.6 Å². The van der Waals surface area contributed by atoms with Crippen molar-refractivity contribution in [1.82, 2.24) is 10.0 Å². The van der Waals surface area contributed by atoms with Crippen LogP contribution in [0.3, 0.4) is 0 Å². The highest BCUT2D eigenvalue weighted by Crippen LogP contribution is 2.33. The maximum absolute atomic E-state index is 5.93. The smallest absolute Gasteiger partial charge is 0.0740 e. The summed E-state index contributed by atoms with van der Waals surface area (Å²) in [6, 6.07) is 8.46. The molecule has 0 fully saturated rings. The fourth-order valence-corrected chi connectivity index (χ4v) is 2.55. The Kier molecular flexibility index (Phi) is 3.75. The molecule has 0 radical (unpaired) electrons. The predicted octanol–water partition coefficient (Wildman–Crippen LogP) is 3.86.